The molecule has 2 unspecified atom stereocenters. The van der Waals surface area contributed by atoms with Crippen molar-refractivity contribution in [3.05, 3.63) is 96.1 Å². The summed E-state index contributed by atoms with van der Waals surface area (Å²) < 4.78 is 0. The summed E-state index contributed by atoms with van der Waals surface area (Å²) in [7, 11) is 0. The number of fused-ring (bicyclic) bond motifs is 2. The Labute approximate surface area is 213 Å². The molecular formula is C32H34N2O2. The first-order valence-electron chi connectivity index (χ1n) is 13.1. The molecule has 2 atom stereocenters. The zero-order valence-electron chi connectivity index (χ0n) is 20.7. The van der Waals surface area contributed by atoms with Crippen LogP contribution in [0.3, 0.4) is 0 Å². The Morgan fingerprint density at radius 1 is 0.611 bits per heavy atom. The number of carbonyl (C=O) groups excluding carboxylic acids is 2. The Morgan fingerprint density at radius 3 is 1.56 bits per heavy atom. The average molecular weight is 479 g/mol. The van der Waals surface area contributed by atoms with Crippen molar-refractivity contribution in [3.63, 3.8) is 0 Å². The molecule has 0 saturated heterocycles. The lowest BCUT2D eigenvalue weighted by Crippen LogP contribution is -2.36. The first-order valence-corrected chi connectivity index (χ1v) is 13.1. The molecule has 5 rings (SSSR count). The van der Waals surface area contributed by atoms with Crippen LogP contribution < -0.4 is 10.6 Å². The summed E-state index contributed by atoms with van der Waals surface area (Å²) in [5.41, 5.74) is 2.14. The normalized spacial score (nSPS) is 17.7. The smallest absolute Gasteiger partial charge is 0.224 e. The van der Waals surface area contributed by atoms with E-state index in [1.165, 1.54) is 10.8 Å². The maximum atomic E-state index is 12.7. The van der Waals surface area contributed by atoms with Gasteiger partial charge in [0.05, 0.1) is 12.8 Å². The monoisotopic (exact) mass is 478 g/mol. The van der Waals surface area contributed by atoms with Gasteiger partial charge in [0.15, 0.2) is 0 Å². The van der Waals surface area contributed by atoms with Crippen LogP contribution in [0.5, 0.6) is 0 Å². The lowest BCUT2D eigenvalue weighted by Gasteiger charge is -2.29. The van der Waals surface area contributed by atoms with Crippen molar-refractivity contribution in [1.82, 2.24) is 10.6 Å². The van der Waals surface area contributed by atoms with Crippen LogP contribution in [-0.2, 0) is 22.4 Å². The fourth-order valence-electron chi connectivity index (χ4n) is 5.65. The van der Waals surface area contributed by atoms with Gasteiger partial charge in [0.25, 0.3) is 0 Å². The van der Waals surface area contributed by atoms with Crippen LogP contribution in [0, 0.1) is 11.8 Å². The Bertz CT molecular complexity index is 1250. The van der Waals surface area contributed by atoms with Crippen LogP contribution in [0.25, 0.3) is 21.5 Å². The van der Waals surface area contributed by atoms with Gasteiger partial charge in [-0.1, -0.05) is 91.3 Å². The molecule has 0 radical (unpaired) electrons. The highest BCUT2D eigenvalue weighted by Gasteiger charge is 2.23. The van der Waals surface area contributed by atoms with Gasteiger partial charge in [0.1, 0.15) is 0 Å². The third-order valence-corrected chi connectivity index (χ3v) is 7.53. The van der Waals surface area contributed by atoms with E-state index in [1.807, 2.05) is 48.5 Å². The Balaban J connectivity index is 1.08. The Morgan fingerprint density at radius 2 is 1.06 bits per heavy atom. The molecule has 4 heteroatoms. The number of benzene rings is 4. The minimum atomic E-state index is 0.0804. The van der Waals surface area contributed by atoms with Crippen molar-refractivity contribution in [2.24, 2.45) is 11.8 Å². The van der Waals surface area contributed by atoms with Gasteiger partial charge in [-0.15, -0.1) is 0 Å². The third-order valence-electron chi connectivity index (χ3n) is 7.53. The van der Waals surface area contributed by atoms with E-state index in [0.29, 0.717) is 37.8 Å². The molecule has 1 saturated carbocycles. The molecule has 2 amide bonds. The van der Waals surface area contributed by atoms with Gasteiger partial charge < -0.3 is 10.6 Å². The molecule has 0 aliphatic heterocycles. The van der Waals surface area contributed by atoms with Crippen molar-refractivity contribution in [1.29, 1.82) is 0 Å². The number of carbonyl (C=O) groups is 2. The van der Waals surface area contributed by atoms with E-state index in [0.717, 1.165) is 47.6 Å². The highest BCUT2D eigenvalue weighted by atomic mass is 16.2. The van der Waals surface area contributed by atoms with E-state index in [4.69, 9.17) is 0 Å². The standard InChI is InChI=1S/C32H34N2O2/c35-31(19-27-14-6-12-25-10-1-3-16-29(25)27)33-21-23-8-5-9-24(18-23)22-34-32(36)20-28-15-7-13-26-11-2-4-17-30(26)28/h1-4,6-7,10-17,23-24H,5,8-9,18-22H2,(H,33,35)(H,34,36). The fraction of sp³-hybridized carbons (Fsp3) is 0.312. The molecule has 4 aromatic carbocycles. The zero-order chi connectivity index (χ0) is 24.7. The zero-order valence-corrected chi connectivity index (χ0v) is 20.7. The molecule has 1 aliphatic carbocycles. The van der Waals surface area contributed by atoms with E-state index < -0.39 is 0 Å². The van der Waals surface area contributed by atoms with Crippen molar-refractivity contribution in [2.75, 3.05) is 13.1 Å². The van der Waals surface area contributed by atoms with Gasteiger partial charge in [-0.2, -0.15) is 0 Å². The van der Waals surface area contributed by atoms with E-state index in [-0.39, 0.29) is 11.8 Å². The van der Waals surface area contributed by atoms with Gasteiger partial charge in [-0.05, 0) is 63.8 Å². The summed E-state index contributed by atoms with van der Waals surface area (Å²) in [6, 6.07) is 28.7. The number of rotatable bonds is 8. The quantitative estimate of drug-likeness (QED) is 0.335. The third kappa shape index (κ3) is 5.93. The summed E-state index contributed by atoms with van der Waals surface area (Å²) in [5, 5.41) is 11.0. The van der Waals surface area contributed by atoms with Crippen LogP contribution in [0.1, 0.15) is 36.8 Å². The molecule has 1 aliphatic rings. The van der Waals surface area contributed by atoms with Gasteiger partial charge >= 0.3 is 0 Å². The second kappa shape index (κ2) is 11.4. The van der Waals surface area contributed by atoms with E-state index in [9.17, 15) is 9.59 Å². The minimum absolute atomic E-state index is 0.0804. The van der Waals surface area contributed by atoms with Crippen molar-refractivity contribution in [2.45, 2.75) is 38.5 Å². The summed E-state index contributed by atoms with van der Waals surface area (Å²) in [6.45, 7) is 1.42. The van der Waals surface area contributed by atoms with E-state index in [1.54, 1.807) is 0 Å². The number of hydrogen-bond acceptors (Lipinski definition) is 2. The maximum Gasteiger partial charge on any atom is 0.224 e. The average Bonchev–Trinajstić information content (AvgIpc) is 2.91. The van der Waals surface area contributed by atoms with Gasteiger partial charge in [0.2, 0.25) is 11.8 Å². The molecule has 4 aromatic rings. The van der Waals surface area contributed by atoms with Gasteiger partial charge in [0, 0.05) is 13.1 Å². The maximum absolute atomic E-state index is 12.7. The molecule has 0 heterocycles. The lowest BCUT2D eigenvalue weighted by molar-refractivity contribution is -0.121. The first kappa shape index (κ1) is 24.1. The molecule has 36 heavy (non-hydrogen) atoms. The summed E-state index contributed by atoms with van der Waals surface area (Å²) >= 11 is 0. The van der Waals surface area contributed by atoms with Crippen LogP contribution in [0.4, 0.5) is 0 Å². The van der Waals surface area contributed by atoms with Crippen LogP contribution in [-0.4, -0.2) is 24.9 Å². The molecular weight excluding hydrogens is 444 g/mol. The van der Waals surface area contributed by atoms with Crippen molar-refractivity contribution < 1.29 is 9.59 Å². The number of nitrogens with one attached hydrogen (secondary N) is 2. The molecule has 1 fully saturated rings. The van der Waals surface area contributed by atoms with Crippen molar-refractivity contribution in [3.8, 4) is 0 Å². The predicted molar refractivity (Wildman–Crippen MR) is 147 cm³/mol. The Kier molecular flexibility index (Phi) is 7.61. The van der Waals surface area contributed by atoms with Crippen LogP contribution in [0.15, 0.2) is 84.9 Å². The second-order valence-electron chi connectivity index (χ2n) is 10.1. The molecule has 2 N–H and O–H groups in total. The highest BCUT2D eigenvalue weighted by Crippen LogP contribution is 2.28. The molecule has 0 aromatic heterocycles. The van der Waals surface area contributed by atoms with E-state index >= 15 is 0 Å². The highest BCUT2D eigenvalue weighted by molar-refractivity contribution is 5.91. The minimum Gasteiger partial charge on any atom is -0.356 e. The lowest BCUT2D eigenvalue weighted by atomic mass is 9.81. The molecule has 4 nitrogen and oxygen atoms in total. The Hall–Kier alpha value is -3.66. The summed E-state index contributed by atoms with van der Waals surface area (Å²) in [6.07, 6.45) is 5.27. The largest absolute Gasteiger partial charge is 0.356 e. The second-order valence-corrected chi connectivity index (χ2v) is 10.1. The van der Waals surface area contributed by atoms with Crippen LogP contribution >= 0.6 is 0 Å². The SMILES string of the molecule is O=C(Cc1cccc2ccccc12)NCC1CCCC(CNC(=O)Cc2cccc3ccccc23)C1. The van der Waals surface area contributed by atoms with Gasteiger partial charge in [-0.3, -0.25) is 9.59 Å². The van der Waals surface area contributed by atoms with Gasteiger partial charge in [-0.25, -0.2) is 0 Å². The number of amides is 2. The van der Waals surface area contributed by atoms with Crippen molar-refractivity contribution >= 4 is 33.4 Å². The molecule has 0 bridgehead atoms. The summed E-state index contributed by atoms with van der Waals surface area (Å²) in [5.74, 6) is 1.10. The first-order chi connectivity index (χ1) is 17.7. The number of hydrogen-bond donors (Lipinski definition) is 2. The van der Waals surface area contributed by atoms with Crippen LogP contribution in [0.2, 0.25) is 0 Å². The predicted octanol–water partition coefficient (Wildman–Crippen LogP) is 5.82. The summed E-state index contributed by atoms with van der Waals surface area (Å²) in [4.78, 5) is 25.4. The molecule has 0 spiro atoms. The molecule has 184 valence electrons. The topological polar surface area (TPSA) is 58.2 Å². The fourth-order valence-corrected chi connectivity index (χ4v) is 5.65. The van der Waals surface area contributed by atoms with E-state index in [2.05, 4.69) is 47.0 Å².